The van der Waals surface area contributed by atoms with Crippen molar-refractivity contribution in [1.82, 2.24) is 0 Å². The number of hydrogen-bond acceptors (Lipinski definition) is 1. The van der Waals surface area contributed by atoms with Gasteiger partial charge in [0.05, 0.1) is 0 Å². The Kier molecular flexibility index (Phi) is 3.09. The maximum absolute atomic E-state index is 5.81. The Hall–Kier alpha value is -0.980. The SMILES string of the molecule is CC1CC2CC(C)C(c3ccc(N)cc3)C(C1)C2. The molecule has 0 saturated heterocycles. The van der Waals surface area contributed by atoms with Crippen LogP contribution in [0.5, 0.6) is 0 Å². The van der Waals surface area contributed by atoms with Crippen LogP contribution in [0, 0.1) is 23.7 Å². The van der Waals surface area contributed by atoms with Crippen molar-refractivity contribution in [3.8, 4) is 0 Å². The summed E-state index contributed by atoms with van der Waals surface area (Å²) in [5.41, 5.74) is 8.22. The van der Waals surface area contributed by atoms with Gasteiger partial charge in [-0.2, -0.15) is 0 Å². The van der Waals surface area contributed by atoms with Gasteiger partial charge in [-0.3, -0.25) is 0 Å². The van der Waals surface area contributed by atoms with Crippen LogP contribution in [0.15, 0.2) is 24.3 Å². The zero-order valence-electron chi connectivity index (χ0n) is 11.6. The molecule has 0 amide bonds. The van der Waals surface area contributed by atoms with E-state index >= 15 is 0 Å². The molecule has 0 heterocycles. The molecule has 2 N–H and O–H groups in total. The molecule has 0 aliphatic heterocycles. The monoisotopic (exact) mass is 243 g/mol. The summed E-state index contributed by atoms with van der Waals surface area (Å²) >= 11 is 0. The van der Waals surface area contributed by atoms with Gasteiger partial charge in [0.25, 0.3) is 0 Å². The molecule has 0 aromatic heterocycles. The van der Waals surface area contributed by atoms with Gasteiger partial charge < -0.3 is 5.73 Å². The van der Waals surface area contributed by atoms with Crippen LogP contribution in [-0.2, 0) is 0 Å². The lowest BCUT2D eigenvalue weighted by Gasteiger charge is -2.46. The Bertz CT molecular complexity index is 404. The first-order chi connectivity index (χ1) is 8.63. The molecule has 2 bridgehead atoms. The molecule has 5 atom stereocenters. The Morgan fingerprint density at radius 1 is 0.944 bits per heavy atom. The Balaban J connectivity index is 1.87. The van der Waals surface area contributed by atoms with Gasteiger partial charge in [-0.1, -0.05) is 26.0 Å². The van der Waals surface area contributed by atoms with Gasteiger partial charge in [0.1, 0.15) is 0 Å². The molecule has 0 radical (unpaired) electrons. The molecule has 2 aliphatic rings. The highest BCUT2D eigenvalue weighted by molar-refractivity contribution is 5.40. The third kappa shape index (κ3) is 2.15. The van der Waals surface area contributed by atoms with Gasteiger partial charge in [0.2, 0.25) is 0 Å². The van der Waals surface area contributed by atoms with Crippen LogP contribution in [0.3, 0.4) is 0 Å². The fraction of sp³-hybridized carbons (Fsp3) is 0.647. The highest BCUT2D eigenvalue weighted by Crippen LogP contribution is 2.51. The Morgan fingerprint density at radius 3 is 2.39 bits per heavy atom. The van der Waals surface area contributed by atoms with Crippen LogP contribution in [0.1, 0.15) is 51.0 Å². The third-order valence-electron chi connectivity index (χ3n) is 5.22. The highest BCUT2D eigenvalue weighted by Gasteiger charge is 2.40. The third-order valence-corrected chi connectivity index (χ3v) is 5.22. The summed E-state index contributed by atoms with van der Waals surface area (Å²) in [4.78, 5) is 0. The van der Waals surface area contributed by atoms with Crippen molar-refractivity contribution in [3.63, 3.8) is 0 Å². The zero-order chi connectivity index (χ0) is 12.7. The second-order valence-corrected chi connectivity index (χ2v) is 6.84. The molecule has 1 aromatic rings. The van der Waals surface area contributed by atoms with Gasteiger partial charge >= 0.3 is 0 Å². The van der Waals surface area contributed by atoms with E-state index in [1.54, 1.807) is 0 Å². The average molecular weight is 243 g/mol. The summed E-state index contributed by atoms with van der Waals surface area (Å²) in [5, 5.41) is 0. The summed E-state index contributed by atoms with van der Waals surface area (Å²) in [5.74, 6) is 4.44. The molecule has 3 rings (SSSR count). The number of hydrogen-bond donors (Lipinski definition) is 1. The van der Waals surface area contributed by atoms with E-state index in [1.165, 1.54) is 31.2 Å². The molecule has 98 valence electrons. The van der Waals surface area contributed by atoms with Gasteiger partial charge in [-0.25, -0.2) is 0 Å². The molecule has 5 unspecified atom stereocenters. The summed E-state index contributed by atoms with van der Waals surface area (Å²) in [6.07, 6.45) is 5.78. The lowest BCUT2D eigenvalue weighted by molar-refractivity contribution is 0.0854. The van der Waals surface area contributed by atoms with Crippen molar-refractivity contribution in [2.45, 2.75) is 45.4 Å². The van der Waals surface area contributed by atoms with Crippen LogP contribution >= 0.6 is 0 Å². The molecule has 2 fully saturated rings. The van der Waals surface area contributed by atoms with Crippen LogP contribution in [0.2, 0.25) is 0 Å². The van der Waals surface area contributed by atoms with Gasteiger partial charge in [-0.05, 0) is 73.0 Å². The van der Waals surface area contributed by atoms with Crippen LogP contribution < -0.4 is 5.73 Å². The molecule has 2 saturated carbocycles. The minimum Gasteiger partial charge on any atom is -0.399 e. The predicted molar refractivity (Wildman–Crippen MR) is 77.4 cm³/mol. The van der Waals surface area contributed by atoms with E-state index < -0.39 is 0 Å². The first-order valence-electron chi connectivity index (χ1n) is 7.49. The van der Waals surface area contributed by atoms with E-state index in [0.717, 1.165) is 35.3 Å². The molecule has 18 heavy (non-hydrogen) atoms. The summed E-state index contributed by atoms with van der Waals surface area (Å²) < 4.78 is 0. The summed E-state index contributed by atoms with van der Waals surface area (Å²) in [6.45, 7) is 4.89. The average Bonchev–Trinajstić information content (AvgIpc) is 2.30. The quantitative estimate of drug-likeness (QED) is 0.725. The van der Waals surface area contributed by atoms with Crippen molar-refractivity contribution in [2.75, 3.05) is 5.73 Å². The minimum atomic E-state index is 0.768. The largest absolute Gasteiger partial charge is 0.399 e. The number of anilines is 1. The van der Waals surface area contributed by atoms with Gasteiger partial charge in [0, 0.05) is 5.69 Å². The van der Waals surface area contributed by atoms with E-state index in [1.807, 2.05) is 0 Å². The topological polar surface area (TPSA) is 26.0 Å². The Morgan fingerprint density at radius 2 is 1.67 bits per heavy atom. The second kappa shape index (κ2) is 4.60. The van der Waals surface area contributed by atoms with E-state index in [0.29, 0.717) is 0 Å². The maximum Gasteiger partial charge on any atom is 0.0314 e. The summed E-state index contributed by atoms with van der Waals surface area (Å²) in [6, 6.07) is 8.66. The van der Waals surface area contributed by atoms with Crippen LogP contribution in [0.4, 0.5) is 5.69 Å². The second-order valence-electron chi connectivity index (χ2n) is 6.84. The van der Waals surface area contributed by atoms with E-state index in [-0.39, 0.29) is 0 Å². The molecule has 1 heteroatoms. The minimum absolute atomic E-state index is 0.768. The van der Waals surface area contributed by atoms with E-state index in [9.17, 15) is 0 Å². The molecule has 2 aliphatic carbocycles. The van der Waals surface area contributed by atoms with Crippen molar-refractivity contribution in [3.05, 3.63) is 29.8 Å². The highest BCUT2D eigenvalue weighted by atomic mass is 14.5. The number of rotatable bonds is 1. The summed E-state index contributed by atoms with van der Waals surface area (Å²) in [7, 11) is 0. The molecule has 1 nitrogen and oxygen atoms in total. The van der Waals surface area contributed by atoms with Gasteiger partial charge in [0.15, 0.2) is 0 Å². The van der Waals surface area contributed by atoms with Crippen LogP contribution in [-0.4, -0.2) is 0 Å². The van der Waals surface area contributed by atoms with Crippen molar-refractivity contribution >= 4 is 5.69 Å². The van der Waals surface area contributed by atoms with Crippen molar-refractivity contribution in [2.24, 2.45) is 23.7 Å². The predicted octanol–water partition coefficient (Wildman–Crippen LogP) is 4.44. The molecular weight excluding hydrogens is 218 g/mol. The van der Waals surface area contributed by atoms with Gasteiger partial charge in [-0.15, -0.1) is 0 Å². The fourth-order valence-corrected chi connectivity index (χ4v) is 4.74. The lowest BCUT2D eigenvalue weighted by Crippen LogP contribution is -2.35. The van der Waals surface area contributed by atoms with Crippen molar-refractivity contribution < 1.29 is 0 Å². The smallest absolute Gasteiger partial charge is 0.0314 e. The number of nitrogen functional groups attached to an aromatic ring is 1. The molecule has 0 spiro atoms. The van der Waals surface area contributed by atoms with Crippen molar-refractivity contribution in [1.29, 1.82) is 0 Å². The fourth-order valence-electron chi connectivity index (χ4n) is 4.74. The van der Waals surface area contributed by atoms with Crippen LogP contribution in [0.25, 0.3) is 0 Å². The zero-order valence-corrected chi connectivity index (χ0v) is 11.6. The molecular formula is C17H25N. The number of fused-ring (bicyclic) bond motifs is 2. The lowest BCUT2D eigenvalue weighted by atomic mass is 9.59. The van der Waals surface area contributed by atoms with E-state index in [2.05, 4.69) is 38.1 Å². The number of benzene rings is 1. The molecule has 1 aromatic carbocycles. The normalized spacial score (nSPS) is 39.6. The first-order valence-corrected chi connectivity index (χ1v) is 7.49. The van der Waals surface area contributed by atoms with E-state index in [4.69, 9.17) is 5.73 Å². The number of nitrogens with two attached hydrogens (primary N) is 1. The standard InChI is InChI=1S/C17H25N/c1-11-7-13-9-12(2)17(15(8-11)10-13)14-3-5-16(18)6-4-14/h3-6,11-13,15,17H,7-10,18H2,1-2H3. The maximum atomic E-state index is 5.81. The first kappa shape index (κ1) is 12.1. The Labute approximate surface area is 111 Å².